The molecule has 1 aliphatic heterocycles. The number of ether oxygens (including phenoxy) is 1. The monoisotopic (exact) mass is 217 g/mol. The van der Waals surface area contributed by atoms with E-state index in [-0.39, 0.29) is 0 Å². The van der Waals surface area contributed by atoms with E-state index in [1.165, 1.54) is 0 Å². The summed E-state index contributed by atoms with van der Waals surface area (Å²) in [6.45, 7) is 5.45. The molecule has 1 heterocycles. The van der Waals surface area contributed by atoms with Crippen LogP contribution in [-0.4, -0.2) is 30.2 Å². The van der Waals surface area contributed by atoms with Crippen molar-refractivity contribution in [3.63, 3.8) is 0 Å². The number of piperidine rings is 1. The Labute approximate surface area is 88.2 Å². The fourth-order valence-corrected chi connectivity index (χ4v) is 1.39. The molecular weight excluding hydrogens is 201 g/mol. The molecule has 0 spiro atoms. The summed E-state index contributed by atoms with van der Waals surface area (Å²) in [4.78, 5) is 22.5. The van der Waals surface area contributed by atoms with E-state index in [0.717, 1.165) is 0 Å². The third-order valence-corrected chi connectivity index (χ3v) is 2.07. The molecule has 1 N–H and O–H groups in total. The lowest BCUT2D eigenvalue weighted by Crippen LogP contribution is -2.47. The van der Waals surface area contributed by atoms with Crippen LogP contribution in [0, 0.1) is 5.92 Å². The van der Waals surface area contributed by atoms with Crippen LogP contribution in [0.4, 0.5) is 4.39 Å². The lowest BCUT2D eigenvalue weighted by atomic mass is 9.95. The van der Waals surface area contributed by atoms with E-state index in [9.17, 15) is 14.0 Å². The van der Waals surface area contributed by atoms with Gasteiger partial charge in [0.2, 0.25) is 0 Å². The van der Waals surface area contributed by atoms with Crippen LogP contribution in [0.15, 0.2) is 0 Å². The highest BCUT2D eigenvalue weighted by atomic mass is 19.1. The van der Waals surface area contributed by atoms with Gasteiger partial charge in [-0.1, -0.05) is 0 Å². The summed E-state index contributed by atoms with van der Waals surface area (Å²) in [5.74, 6) is -2.32. The van der Waals surface area contributed by atoms with Crippen LogP contribution < -0.4 is 5.32 Å². The van der Waals surface area contributed by atoms with Gasteiger partial charge in [-0.15, -0.1) is 0 Å². The molecule has 4 nitrogen and oxygen atoms in total. The molecule has 0 unspecified atom stereocenters. The van der Waals surface area contributed by atoms with Gasteiger partial charge < -0.3 is 10.1 Å². The van der Waals surface area contributed by atoms with Crippen LogP contribution in [0.25, 0.3) is 0 Å². The third-order valence-electron chi connectivity index (χ3n) is 2.07. The minimum Gasteiger partial charge on any atom is -0.460 e. The van der Waals surface area contributed by atoms with Gasteiger partial charge in [0.15, 0.2) is 6.17 Å². The molecule has 5 heteroatoms. The highest BCUT2D eigenvalue weighted by molar-refractivity contribution is 5.88. The third kappa shape index (κ3) is 3.18. The average Bonchev–Trinajstić information content (AvgIpc) is 2.06. The van der Waals surface area contributed by atoms with Crippen molar-refractivity contribution in [1.29, 1.82) is 0 Å². The molecule has 0 aromatic carbocycles. The fraction of sp³-hybridized carbons (Fsp3) is 0.800. The Balaban J connectivity index is 2.63. The molecule has 1 saturated heterocycles. The van der Waals surface area contributed by atoms with Crippen molar-refractivity contribution in [2.45, 2.75) is 39.0 Å². The maximum atomic E-state index is 13.4. The first-order valence-corrected chi connectivity index (χ1v) is 4.96. The van der Waals surface area contributed by atoms with E-state index in [1.54, 1.807) is 20.8 Å². The molecule has 1 rings (SSSR count). The molecule has 1 fully saturated rings. The highest BCUT2D eigenvalue weighted by Gasteiger charge is 2.39. The zero-order valence-corrected chi connectivity index (χ0v) is 9.17. The van der Waals surface area contributed by atoms with Crippen molar-refractivity contribution in [1.82, 2.24) is 5.32 Å². The van der Waals surface area contributed by atoms with Gasteiger partial charge in [-0.2, -0.15) is 0 Å². The first-order valence-electron chi connectivity index (χ1n) is 4.96. The Morgan fingerprint density at radius 2 is 2.13 bits per heavy atom. The molecule has 1 aliphatic rings. The van der Waals surface area contributed by atoms with Crippen LogP contribution >= 0.6 is 0 Å². The lowest BCUT2D eigenvalue weighted by molar-refractivity contribution is -0.165. The molecule has 0 bridgehead atoms. The molecule has 86 valence electrons. The number of nitrogens with one attached hydrogen (secondary N) is 1. The van der Waals surface area contributed by atoms with Gasteiger partial charge >= 0.3 is 5.97 Å². The summed E-state index contributed by atoms with van der Waals surface area (Å²) >= 11 is 0. The molecule has 0 saturated carbocycles. The number of carbonyl (C=O) groups excluding carboxylic acids is 2. The van der Waals surface area contributed by atoms with Crippen LogP contribution in [-0.2, 0) is 14.3 Å². The van der Waals surface area contributed by atoms with E-state index in [0.29, 0.717) is 13.0 Å². The van der Waals surface area contributed by atoms with E-state index in [4.69, 9.17) is 4.74 Å². The molecular formula is C10H16FNO3. The van der Waals surface area contributed by atoms with Gasteiger partial charge in [-0.3, -0.25) is 9.59 Å². The summed E-state index contributed by atoms with van der Waals surface area (Å²) in [7, 11) is 0. The quantitative estimate of drug-likeness (QED) is 0.661. The molecule has 1 amide bonds. The van der Waals surface area contributed by atoms with Crippen LogP contribution in [0.1, 0.15) is 27.2 Å². The SMILES string of the molecule is CC(C)(C)OC(=O)[C@@H]1CCNC(=O)[C@@H]1F. The van der Waals surface area contributed by atoms with Crippen LogP contribution in [0.5, 0.6) is 0 Å². The topological polar surface area (TPSA) is 55.4 Å². The second kappa shape index (κ2) is 4.16. The van der Waals surface area contributed by atoms with E-state index < -0.39 is 29.6 Å². The number of hydrogen-bond acceptors (Lipinski definition) is 3. The number of esters is 1. The second-order valence-corrected chi connectivity index (χ2v) is 4.62. The number of amides is 1. The van der Waals surface area contributed by atoms with Crippen molar-refractivity contribution in [3.8, 4) is 0 Å². The van der Waals surface area contributed by atoms with Crippen molar-refractivity contribution in [3.05, 3.63) is 0 Å². The van der Waals surface area contributed by atoms with E-state index in [1.807, 2.05) is 0 Å². The average molecular weight is 217 g/mol. The zero-order chi connectivity index (χ0) is 11.6. The Morgan fingerprint density at radius 1 is 1.53 bits per heavy atom. The summed E-state index contributed by atoms with van der Waals surface area (Å²) < 4.78 is 18.4. The smallest absolute Gasteiger partial charge is 0.313 e. The van der Waals surface area contributed by atoms with Gasteiger partial charge in [0.05, 0.1) is 5.92 Å². The first-order chi connectivity index (χ1) is 6.81. The Hall–Kier alpha value is -1.13. The fourth-order valence-electron chi connectivity index (χ4n) is 1.39. The number of carbonyl (C=O) groups is 2. The van der Waals surface area contributed by atoms with Gasteiger partial charge in [-0.05, 0) is 27.2 Å². The largest absolute Gasteiger partial charge is 0.460 e. The maximum absolute atomic E-state index is 13.4. The van der Waals surface area contributed by atoms with Crippen LogP contribution in [0.2, 0.25) is 0 Å². The number of rotatable bonds is 1. The van der Waals surface area contributed by atoms with E-state index >= 15 is 0 Å². The van der Waals surface area contributed by atoms with Crippen molar-refractivity contribution < 1.29 is 18.7 Å². The Kier molecular flexibility index (Phi) is 3.31. The van der Waals surface area contributed by atoms with Gasteiger partial charge in [0, 0.05) is 6.54 Å². The van der Waals surface area contributed by atoms with E-state index in [2.05, 4.69) is 5.32 Å². The molecule has 0 aromatic rings. The molecule has 2 atom stereocenters. The number of hydrogen-bond donors (Lipinski definition) is 1. The highest BCUT2D eigenvalue weighted by Crippen LogP contribution is 2.21. The van der Waals surface area contributed by atoms with Gasteiger partial charge in [-0.25, -0.2) is 4.39 Å². The molecule has 0 radical (unpaired) electrons. The van der Waals surface area contributed by atoms with Crippen molar-refractivity contribution >= 4 is 11.9 Å². The standard InChI is InChI=1S/C10H16FNO3/c1-10(2,3)15-9(14)6-4-5-12-8(13)7(6)11/h6-7H,4-5H2,1-3H3,(H,12,13)/t6-,7-/m1/s1. The Morgan fingerprint density at radius 3 is 2.67 bits per heavy atom. The Bertz CT molecular complexity index is 272. The predicted molar refractivity (Wildman–Crippen MR) is 51.9 cm³/mol. The van der Waals surface area contributed by atoms with Gasteiger partial charge in [0.1, 0.15) is 5.60 Å². The molecule has 0 aromatic heterocycles. The normalized spacial score (nSPS) is 27.1. The summed E-state index contributed by atoms with van der Waals surface area (Å²) in [5.41, 5.74) is -0.648. The minimum absolute atomic E-state index is 0.293. The number of alkyl halides is 1. The summed E-state index contributed by atoms with van der Waals surface area (Å²) in [6, 6.07) is 0. The number of halogens is 1. The maximum Gasteiger partial charge on any atom is 0.313 e. The van der Waals surface area contributed by atoms with Gasteiger partial charge in [0.25, 0.3) is 5.91 Å². The summed E-state index contributed by atoms with van der Waals surface area (Å²) in [5, 5.41) is 2.36. The minimum atomic E-state index is -1.78. The van der Waals surface area contributed by atoms with Crippen molar-refractivity contribution in [2.24, 2.45) is 5.92 Å². The second-order valence-electron chi connectivity index (χ2n) is 4.62. The predicted octanol–water partition coefficient (Wildman–Crippen LogP) is 0.802. The molecule has 0 aliphatic carbocycles. The summed E-state index contributed by atoms with van der Waals surface area (Å²) in [6.07, 6.45) is -1.49. The van der Waals surface area contributed by atoms with Crippen LogP contribution in [0.3, 0.4) is 0 Å². The molecule has 15 heavy (non-hydrogen) atoms. The lowest BCUT2D eigenvalue weighted by Gasteiger charge is -2.28. The van der Waals surface area contributed by atoms with Crippen molar-refractivity contribution in [2.75, 3.05) is 6.54 Å². The first kappa shape index (κ1) is 11.9. The zero-order valence-electron chi connectivity index (χ0n) is 9.17.